The van der Waals surface area contributed by atoms with Gasteiger partial charge >= 0.3 is 5.97 Å². The fourth-order valence-corrected chi connectivity index (χ4v) is 3.27. The first-order chi connectivity index (χ1) is 12.0. The largest absolute Gasteiger partial charge is 0.496 e. The van der Waals surface area contributed by atoms with E-state index in [4.69, 9.17) is 19.9 Å². The summed E-state index contributed by atoms with van der Waals surface area (Å²) in [4.78, 5) is 12.6. The van der Waals surface area contributed by atoms with Gasteiger partial charge in [0.2, 0.25) is 5.88 Å². The molecule has 0 saturated heterocycles. The molecular weight excluding hydrogens is 388 g/mol. The number of hydrogen-bond donors (Lipinski definition) is 1. The van der Waals surface area contributed by atoms with Crippen LogP contribution in [0, 0.1) is 11.3 Å². The van der Waals surface area contributed by atoms with E-state index in [0.29, 0.717) is 33.5 Å². The lowest BCUT2D eigenvalue weighted by Gasteiger charge is -2.28. The lowest BCUT2D eigenvalue weighted by molar-refractivity contribution is -0.139. The maximum Gasteiger partial charge on any atom is 0.338 e. The summed E-state index contributed by atoms with van der Waals surface area (Å²) in [6.07, 6.45) is 0.446. The van der Waals surface area contributed by atoms with Crippen LogP contribution in [0.3, 0.4) is 0 Å². The second kappa shape index (κ2) is 8.08. The molecule has 0 saturated carbocycles. The van der Waals surface area contributed by atoms with Crippen molar-refractivity contribution in [2.75, 3.05) is 13.7 Å². The lowest BCUT2D eigenvalue weighted by Crippen LogP contribution is -2.26. The van der Waals surface area contributed by atoms with Crippen molar-refractivity contribution < 1.29 is 19.0 Å². The molecule has 0 radical (unpaired) electrons. The second-order valence-electron chi connectivity index (χ2n) is 5.23. The highest BCUT2D eigenvalue weighted by molar-refractivity contribution is 9.10. The third-order valence-electron chi connectivity index (χ3n) is 3.82. The van der Waals surface area contributed by atoms with E-state index in [1.807, 2.05) is 6.92 Å². The fraction of sp³-hybridized carbons (Fsp3) is 0.333. The van der Waals surface area contributed by atoms with E-state index in [-0.39, 0.29) is 18.1 Å². The first-order valence-electron chi connectivity index (χ1n) is 7.79. The number of benzene rings is 1. The summed E-state index contributed by atoms with van der Waals surface area (Å²) in [5.41, 5.74) is 7.11. The van der Waals surface area contributed by atoms with Gasteiger partial charge in [0.15, 0.2) is 0 Å². The van der Waals surface area contributed by atoms with Crippen molar-refractivity contribution in [1.82, 2.24) is 0 Å². The Morgan fingerprint density at radius 1 is 1.44 bits per heavy atom. The summed E-state index contributed by atoms with van der Waals surface area (Å²) in [6, 6.07) is 7.41. The van der Waals surface area contributed by atoms with Crippen LogP contribution in [0.2, 0.25) is 0 Å². The van der Waals surface area contributed by atoms with Crippen molar-refractivity contribution in [3.63, 3.8) is 0 Å². The molecule has 0 bridgehead atoms. The normalized spacial score (nSPS) is 17.0. The lowest BCUT2D eigenvalue weighted by atomic mass is 9.82. The number of allylic oxidation sites excluding steroid dienone is 2. The van der Waals surface area contributed by atoms with Gasteiger partial charge < -0.3 is 19.9 Å². The minimum Gasteiger partial charge on any atom is -0.496 e. The summed E-state index contributed by atoms with van der Waals surface area (Å²) >= 11 is 3.43. The van der Waals surface area contributed by atoms with Crippen LogP contribution in [0.1, 0.15) is 31.7 Å². The maximum absolute atomic E-state index is 12.6. The number of methoxy groups -OCH3 is 1. The number of halogens is 1. The first kappa shape index (κ1) is 18.9. The molecule has 25 heavy (non-hydrogen) atoms. The van der Waals surface area contributed by atoms with Crippen molar-refractivity contribution in [3.05, 3.63) is 51.0 Å². The summed E-state index contributed by atoms with van der Waals surface area (Å²) in [6.45, 7) is 3.79. The summed E-state index contributed by atoms with van der Waals surface area (Å²) in [7, 11) is 1.56. The van der Waals surface area contributed by atoms with Gasteiger partial charge in [-0.05, 0) is 40.5 Å². The van der Waals surface area contributed by atoms with E-state index in [2.05, 4.69) is 22.0 Å². The Morgan fingerprint density at radius 3 is 2.68 bits per heavy atom. The highest BCUT2D eigenvalue weighted by Gasteiger charge is 2.37. The molecule has 1 aliphatic heterocycles. The monoisotopic (exact) mass is 406 g/mol. The number of rotatable bonds is 5. The van der Waals surface area contributed by atoms with Gasteiger partial charge in [0.25, 0.3) is 0 Å². The molecule has 2 rings (SSSR count). The van der Waals surface area contributed by atoms with Gasteiger partial charge in [-0.3, -0.25) is 0 Å². The van der Waals surface area contributed by atoms with E-state index < -0.39 is 11.9 Å². The van der Waals surface area contributed by atoms with Gasteiger partial charge in [-0.15, -0.1) is 0 Å². The van der Waals surface area contributed by atoms with Gasteiger partial charge in [-0.25, -0.2) is 4.79 Å². The molecule has 7 heteroatoms. The van der Waals surface area contributed by atoms with Gasteiger partial charge in [0, 0.05) is 6.42 Å². The predicted octanol–water partition coefficient (Wildman–Crippen LogP) is 3.49. The van der Waals surface area contributed by atoms with E-state index in [1.54, 1.807) is 32.2 Å². The number of carbonyl (C=O) groups excluding carboxylic acids is 1. The van der Waals surface area contributed by atoms with Crippen molar-refractivity contribution in [3.8, 4) is 11.8 Å². The van der Waals surface area contributed by atoms with Crippen molar-refractivity contribution in [2.45, 2.75) is 26.2 Å². The fourth-order valence-electron chi connectivity index (χ4n) is 2.71. The van der Waals surface area contributed by atoms with Crippen molar-refractivity contribution >= 4 is 21.9 Å². The van der Waals surface area contributed by atoms with E-state index in [9.17, 15) is 10.1 Å². The topological polar surface area (TPSA) is 94.6 Å². The molecule has 1 atom stereocenters. The third-order valence-corrected chi connectivity index (χ3v) is 4.44. The maximum atomic E-state index is 12.6. The first-order valence-corrected chi connectivity index (χ1v) is 8.58. The number of nitriles is 1. The Hall–Kier alpha value is -2.46. The van der Waals surface area contributed by atoms with Crippen LogP contribution in [0.25, 0.3) is 0 Å². The molecule has 0 aliphatic carbocycles. The average molecular weight is 407 g/mol. The quantitative estimate of drug-likeness (QED) is 0.751. The molecule has 1 aliphatic rings. The summed E-state index contributed by atoms with van der Waals surface area (Å²) in [5.74, 6) is -0.119. The van der Waals surface area contributed by atoms with Crippen molar-refractivity contribution in [2.24, 2.45) is 5.73 Å². The Kier molecular flexibility index (Phi) is 6.10. The highest BCUT2D eigenvalue weighted by Crippen LogP contribution is 2.42. The third kappa shape index (κ3) is 3.64. The minimum absolute atomic E-state index is 0.00402. The zero-order chi connectivity index (χ0) is 18.6. The van der Waals surface area contributed by atoms with E-state index >= 15 is 0 Å². The molecule has 0 fully saturated rings. The highest BCUT2D eigenvalue weighted by atomic mass is 79.9. The van der Waals surface area contributed by atoms with Gasteiger partial charge in [-0.1, -0.05) is 13.0 Å². The van der Waals surface area contributed by atoms with Gasteiger partial charge in [0.1, 0.15) is 23.2 Å². The Balaban J connectivity index is 2.66. The van der Waals surface area contributed by atoms with Crippen LogP contribution >= 0.6 is 15.9 Å². The zero-order valence-corrected chi connectivity index (χ0v) is 15.8. The Labute approximate surface area is 155 Å². The van der Waals surface area contributed by atoms with E-state index in [1.165, 1.54) is 0 Å². The van der Waals surface area contributed by atoms with Crippen molar-refractivity contribution in [1.29, 1.82) is 5.26 Å². The molecule has 1 unspecified atom stereocenters. The minimum atomic E-state index is -0.657. The zero-order valence-electron chi connectivity index (χ0n) is 14.3. The Bertz CT molecular complexity index is 793. The SMILES string of the molecule is CCOC(=O)C1=C(CC)OC(N)=C(C#N)C1c1ccc(OC)c(Br)c1. The molecule has 0 spiro atoms. The van der Waals surface area contributed by atoms with Gasteiger partial charge in [-0.2, -0.15) is 5.26 Å². The molecule has 132 valence electrons. The number of hydrogen-bond acceptors (Lipinski definition) is 6. The van der Waals surface area contributed by atoms with Crippen LogP contribution in [0.15, 0.2) is 45.5 Å². The van der Waals surface area contributed by atoms with Crippen LogP contribution in [0.4, 0.5) is 0 Å². The van der Waals surface area contributed by atoms with E-state index in [0.717, 1.165) is 0 Å². The number of nitrogens with two attached hydrogens (primary N) is 1. The van der Waals surface area contributed by atoms with Crippen LogP contribution in [-0.2, 0) is 14.3 Å². The number of ether oxygens (including phenoxy) is 3. The average Bonchev–Trinajstić information content (AvgIpc) is 2.60. The molecule has 2 N–H and O–H groups in total. The smallest absolute Gasteiger partial charge is 0.338 e. The standard InChI is InChI=1S/C18H19BrN2O4/c1-4-13-16(18(22)24-5-2)15(11(9-20)17(21)25-13)10-6-7-14(23-3)12(19)8-10/h6-8,15H,4-5,21H2,1-3H3. The summed E-state index contributed by atoms with van der Waals surface area (Å²) < 4.78 is 16.7. The molecule has 1 aromatic rings. The van der Waals surface area contributed by atoms with Crippen LogP contribution in [0.5, 0.6) is 5.75 Å². The van der Waals surface area contributed by atoms with Gasteiger partial charge in [0.05, 0.1) is 29.7 Å². The molecular formula is C18H19BrN2O4. The molecule has 6 nitrogen and oxygen atoms in total. The number of carbonyl (C=O) groups is 1. The second-order valence-corrected chi connectivity index (χ2v) is 6.08. The molecule has 1 heterocycles. The van der Waals surface area contributed by atoms with Crippen LogP contribution in [-0.4, -0.2) is 19.7 Å². The summed E-state index contributed by atoms with van der Waals surface area (Å²) in [5, 5.41) is 9.57. The Morgan fingerprint density at radius 2 is 2.16 bits per heavy atom. The predicted molar refractivity (Wildman–Crippen MR) is 95.3 cm³/mol. The molecule has 1 aromatic carbocycles. The number of esters is 1. The molecule has 0 amide bonds. The number of nitrogens with zero attached hydrogens (tertiary/aromatic N) is 1. The van der Waals surface area contributed by atoms with Crippen LogP contribution < -0.4 is 10.5 Å². The molecule has 0 aromatic heterocycles.